The molecule has 1 heterocycles. The molecule has 0 radical (unpaired) electrons. The fourth-order valence-corrected chi connectivity index (χ4v) is 2.66. The number of carbonyl (C=O) groups excluding carboxylic acids is 1. The Morgan fingerprint density at radius 1 is 1.25 bits per heavy atom. The van der Waals surface area contributed by atoms with Crippen LogP contribution in [0.5, 0.6) is 0 Å². The second-order valence-corrected chi connectivity index (χ2v) is 5.50. The Labute approximate surface area is 120 Å². The molecule has 0 aromatic heterocycles. The molecule has 6 heteroatoms. The Morgan fingerprint density at radius 3 is 2.50 bits per heavy atom. The van der Waals surface area contributed by atoms with Crippen LogP contribution in [0.2, 0.25) is 0 Å². The van der Waals surface area contributed by atoms with Gasteiger partial charge in [0.2, 0.25) is 5.91 Å². The average molecular weight is 288 g/mol. The summed E-state index contributed by atoms with van der Waals surface area (Å²) < 4.78 is 0. The van der Waals surface area contributed by atoms with Gasteiger partial charge in [-0.1, -0.05) is 20.3 Å². The lowest BCUT2D eigenvalue weighted by Gasteiger charge is -2.45. The largest absolute Gasteiger partial charge is 0.395 e. The zero-order valence-electron chi connectivity index (χ0n) is 12.5. The number of amides is 1. The van der Waals surface area contributed by atoms with E-state index in [1.54, 1.807) is 0 Å². The molecule has 1 rings (SSSR count). The van der Waals surface area contributed by atoms with Gasteiger partial charge in [0.1, 0.15) is 6.10 Å². The smallest absolute Gasteiger partial charge is 0.220 e. The van der Waals surface area contributed by atoms with Crippen LogP contribution in [0.4, 0.5) is 0 Å². The molecular formula is C14H28N2O4. The number of piperidine rings is 1. The molecule has 0 saturated carbocycles. The molecule has 118 valence electrons. The summed E-state index contributed by atoms with van der Waals surface area (Å²) in [5.74, 6) is -0.110. The van der Waals surface area contributed by atoms with E-state index in [1.165, 1.54) is 0 Å². The minimum absolute atomic E-state index is 0.110. The van der Waals surface area contributed by atoms with Gasteiger partial charge >= 0.3 is 0 Å². The van der Waals surface area contributed by atoms with E-state index in [1.807, 2.05) is 11.8 Å². The first kappa shape index (κ1) is 17.4. The number of hydrogen-bond donors (Lipinski definition) is 4. The summed E-state index contributed by atoms with van der Waals surface area (Å²) in [6.07, 6.45) is 1.05. The fraction of sp³-hybridized carbons (Fsp3) is 0.929. The zero-order chi connectivity index (χ0) is 15.1. The number of carbonyl (C=O) groups is 1. The molecule has 0 bridgehead atoms. The van der Waals surface area contributed by atoms with Crippen LogP contribution in [0.25, 0.3) is 0 Å². The summed E-state index contributed by atoms with van der Waals surface area (Å²) >= 11 is 0. The Kier molecular flexibility index (Phi) is 7.43. The van der Waals surface area contributed by atoms with Crippen molar-refractivity contribution in [2.75, 3.05) is 19.7 Å². The third-order valence-corrected chi connectivity index (χ3v) is 3.87. The first-order chi connectivity index (χ1) is 9.54. The molecule has 20 heavy (non-hydrogen) atoms. The van der Waals surface area contributed by atoms with Gasteiger partial charge in [0, 0.05) is 13.0 Å². The third-order valence-electron chi connectivity index (χ3n) is 3.87. The molecule has 1 aliphatic heterocycles. The van der Waals surface area contributed by atoms with Crippen molar-refractivity contribution in [2.24, 2.45) is 0 Å². The highest BCUT2D eigenvalue weighted by molar-refractivity contribution is 5.76. The molecule has 0 aromatic rings. The topological polar surface area (TPSA) is 93.0 Å². The van der Waals surface area contributed by atoms with Gasteiger partial charge in [-0.15, -0.1) is 0 Å². The van der Waals surface area contributed by atoms with Gasteiger partial charge in [-0.3, -0.25) is 9.69 Å². The van der Waals surface area contributed by atoms with Crippen molar-refractivity contribution < 1.29 is 20.1 Å². The monoisotopic (exact) mass is 288 g/mol. The standard InChI is InChI=1S/C14H28N2O4/c1-3-5-7-16-8-10(15-12(18)6-4-2)13(19)14(20)11(16)9-17/h10-11,13-14,17,19-20H,3-9H2,1-2H3,(H,15,18)/t10-,11?,13+,14+/m0/s1. The SMILES string of the molecule is CCCCN1C[C@H](NC(=O)CCC)[C@@H](O)[C@H](O)C1CO. The van der Waals surface area contributed by atoms with E-state index in [-0.39, 0.29) is 12.5 Å². The Balaban J connectivity index is 2.69. The second-order valence-electron chi connectivity index (χ2n) is 5.50. The van der Waals surface area contributed by atoms with Gasteiger partial charge in [-0.25, -0.2) is 0 Å². The van der Waals surface area contributed by atoms with Crippen molar-refractivity contribution in [3.63, 3.8) is 0 Å². The van der Waals surface area contributed by atoms with E-state index in [0.29, 0.717) is 13.0 Å². The van der Waals surface area contributed by atoms with E-state index in [4.69, 9.17) is 0 Å². The van der Waals surface area contributed by atoms with Gasteiger partial charge in [0.15, 0.2) is 0 Å². The van der Waals surface area contributed by atoms with Crippen LogP contribution >= 0.6 is 0 Å². The molecule has 1 saturated heterocycles. The minimum Gasteiger partial charge on any atom is -0.395 e. The molecule has 1 unspecified atom stereocenters. The van der Waals surface area contributed by atoms with Crippen molar-refractivity contribution in [1.29, 1.82) is 0 Å². The lowest BCUT2D eigenvalue weighted by Crippen LogP contribution is -2.66. The highest BCUT2D eigenvalue weighted by Crippen LogP contribution is 2.19. The summed E-state index contributed by atoms with van der Waals surface area (Å²) in [5.41, 5.74) is 0. The predicted octanol–water partition coefficient (Wildman–Crippen LogP) is -0.530. The first-order valence-corrected chi connectivity index (χ1v) is 7.55. The number of nitrogens with zero attached hydrogens (tertiary/aromatic N) is 1. The maximum Gasteiger partial charge on any atom is 0.220 e. The van der Waals surface area contributed by atoms with Crippen LogP contribution in [0.15, 0.2) is 0 Å². The van der Waals surface area contributed by atoms with Crippen LogP contribution in [0.1, 0.15) is 39.5 Å². The van der Waals surface area contributed by atoms with Crippen molar-refractivity contribution in [2.45, 2.75) is 63.8 Å². The van der Waals surface area contributed by atoms with E-state index in [2.05, 4.69) is 12.2 Å². The number of hydrogen-bond acceptors (Lipinski definition) is 5. The molecule has 0 aromatic carbocycles. The maximum atomic E-state index is 11.7. The van der Waals surface area contributed by atoms with E-state index >= 15 is 0 Å². The number of unbranched alkanes of at least 4 members (excludes halogenated alkanes) is 1. The van der Waals surface area contributed by atoms with Gasteiger partial charge < -0.3 is 20.6 Å². The maximum absolute atomic E-state index is 11.7. The summed E-state index contributed by atoms with van der Waals surface area (Å²) in [5, 5.41) is 32.4. The lowest BCUT2D eigenvalue weighted by atomic mass is 9.92. The number of rotatable bonds is 7. The van der Waals surface area contributed by atoms with Crippen LogP contribution in [-0.2, 0) is 4.79 Å². The summed E-state index contributed by atoms with van der Waals surface area (Å²) in [4.78, 5) is 13.6. The molecule has 4 atom stereocenters. The highest BCUT2D eigenvalue weighted by Gasteiger charge is 2.41. The van der Waals surface area contributed by atoms with Gasteiger partial charge in [0.05, 0.1) is 24.8 Å². The number of aliphatic hydroxyl groups is 3. The number of likely N-dealkylation sites (tertiary alicyclic amines) is 1. The van der Waals surface area contributed by atoms with Crippen LogP contribution < -0.4 is 5.32 Å². The Hall–Kier alpha value is -0.690. The van der Waals surface area contributed by atoms with Crippen molar-refractivity contribution >= 4 is 5.91 Å². The number of nitrogens with one attached hydrogen (secondary N) is 1. The molecular weight excluding hydrogens is 260 g/mol. The first-order valence-electron chi connectivity index (χ1n) is 7.55. The van der Waals surface area contributed by atoms with Gasteiger partial charge in [-0.2, -0.15) is 0 Å². The normalized spacial score (nSPS) is 31.2. The van der Waals surface area contributed by atoms with E-state index in [9.17, 15) is 20.1 Å². The molecule has 6 nitrogen and oxygen atoms in total. The molecule has 4 N–H and O–H groups in total. The van der Waals surface area contributed by atoms with Gasteiger partial charge in [-0.05, 0) is 19.4 Å². The van der Waals surface area contributed by atoms with Crippen molar-refractivity contribution in [1.82, 2.24) is 10.2 Å². The van der Waals surface area contributed by atoms with Crippen molar-refractivity contribution in [3.05, 3.63) is 0 Å². The van der Waals surface area contributed by atoms with E-state index in [0.717, 1.165) is 25.8 Å². The van der Waals surface area contributed by atoms with E-state index < -0.39 is 24.3 Å². The molecule has 1 amide bonds. The van der Waals surface area contributed by atoms with Crippen molar-refractivity contribution in [3.8, 4) is 0 Å². The second kappa shape index (κ2) is 8.56. The van der Waals surface area contributed by atoms with Crippen LogP contribution in [0, 0.1) is 0 Å². The highest BCUT2D eigenvalue weighted by atomic mass is 16.3. The zero-order valence-corrected chi connectivity index (χ0v) is 12.5. The lowest BCUT2D eigenvalue weighted by molar-refractivity contribution is -0.130. The quantitative estimate of drug-likeness (QED) is 0.505. The van der Waals surface area contributed by atoms with Crippen LogP contribution in [-0.4, -0.2) is 70.1 Å². The molecule has 1 aliphatic rings. The molecule has 0 aliphatic carbocycles. The predicted molar refractivity (Wildman–Crippen MR) is 76.2 cm³/mol. The third kappa shape index (κ3) is 4.41. The summed E-state index contributed by atoms with van der Waals surface area (Å²) in [6, 6.07) is -0.945. The minimum atomic E-state index is -1.04. The van der Waals surface area contributed by atoms with Gasteiger partial charge in [0.25, 0.3) is 0 Å². The summed E-state index contributed by atoms with van der Waals surface area (Å²) in [6.45, 7) is 4.99. The fourth-order valence-electron chi connectivity index (χ4n) is 2.66. The average Bonchev–Trinajstić information content (AvgIpc) is 2.42. The molecule has 1 fully saturated rings. The van der Waals surface area contributed by atoms with Crippen LogP contribution in [0.3, 0.4) is 0 Å². The Bertz CT molecular complexity index is 301. The summed E-state index contributed by atoms with van der Waals surface area (Å²) in [7, 11) is 0. The Morgan fingerprint density at radius 2 is 1.95 bits per heavy atom. The number of aliphatic hydroxyl groups excluding tert-OH is 3. The molecule has 0 spiro atoms.